The van der Waals surface area contributed by atoms with Crippen molar-refractivity contribution in [3.8, 4) is 11.5 Å². The Morgan fingerprint density at radius 3 is 2.25 bits per heavy atom. The Hall–Kier alpha value is -4.87. The van der Waals surface area contributed by atoms with E-state index in [2.05, 4.69) is 15.8 Å². The molecule has 0 bridgehead atoms. The number of nitrogens with zero attached hydrogens (tertiary/aromatic N) is 2. The number of anilines is 1. The zero-order chi connectivity index (χ0) is 31.5. The van der Waals surface area contributed by atoms with Crippen LogP contribution in [0.25, 0.3) is 0 Å². The van der Waals surface area contributed by atoms with Gasteiger partial charge < -0.3 is 14.8 Å². The zero-order valence-corrected chi connectivity index (χ0v) is 25.6. The van der Waals surface area contributed by atoms with Crippen LogP contribution in [0.2, 0.25) is 5.02 Å². The number of nitrogens with one attached hydrogen (secondary N) is 2. The van der Waals surface area contributed by atoms with Gasteiger partial charge in [0, 0.05) is 5.02 Å². The molecular formula is C32H31ClN4O6S. The van der Waals surface area contributed by atoms with E-state index in [1.165, 1.54) is 43.7 Å². The van der Waals surface area contributed by atoms with Gasteiger partial charge in [-0.15, -0.1) is 0 Å². The highest BCUT2D eigenvalue weighted by Crippen LogP contribution is 2.27. The Kier molecular flexibility index (Phi) is 11.0. The molecular weight excluding hydrogens is 604 g/mol. The summed E-state index contributed by atoms with van der Waals surface area (Å²) < 4.78 is 38.7. The number of carbonyl (C=O) groups is 2. The molecule has 4 rings (SSSR count). The fourth-order valence-corrected chi connectivity index (χ4v) is 5.67. The lowest BCUT2D eigenvalue weighted by molar-refractivity contribution is -0.123. The second-order valence-corrected chi connectivity index (χ2v) is 11.8. The zero-order valence-electron chi connectivity index (χ0n) is 24.0. The number of halogens is 1. The molecule has 2 N–H and O–H groups in total. The van der Waals surface area contributed by atoms with E-state index in [1.54, 1.807) is 42.5 Å². The highest BCUT2D eigenvalue weighted by atomic mass is 35.5. The van der Waals surface area contributed by atoms with Crippen molar-refractivity contribution < 1.29 is 27.5 Å². The van der Waals surface area contributed by atoms with Crippen LogP contribution >= 0.6 is 11.6 Å². The fourth-order valence-electron chi connectivity index (χ4n) is 4.07. The maximum atomic E-state index is 13.5. The van der Waals surface area contributed by atoms with Crippen LogP contribution in [0.1, 0.15) is 24.1 Å². The molecule has 0 aliphatic carbocycles. The van der Waals surface area contributed by atoms with Gasteiger partial charge in [-0.1, -0.05) is 48.0 Å². The van der Waals surface area contributed by atoms with Crippen molar-refractivity contribution in [3.05, 3.63) is 119 Å². The molecule has 0 unspecified atom stereocenters. The van der Waals surface area contributed by atoms with Crippen LogP contribution in [0.15, 0.2) is 113 Å². The third-order valence-electron chi connectivity index (χ3n) is 6.36. The SMILES string of the molecule is COc1ccc(S(=O)(=O)N(CC(=O)N/N=C\c2ccc(OCC(=O)N[C@@H](C)c3ccccc3)cc2)c2cccc(Cl)c2)cc1. The van der Waals surface area contributed by atoms with Gasteiger partial charge in [-0.2, -0.15) is 5.10 Å². The Bertz CT molecular complexity index is 1700. The number of carbonyl (C=O) groups excluding carboxylic acids is 2. The molecule has 12 heteroatoms. The first-order chi connectivity index (χ1) is 21.2. The quantitative estimate of drug-likeness (QED) is 0.158. The number of rotatable bonds is 13. The van der Waals surface area contributed by atoms with Crippen LogP contribution in [-0.2, 0) is 19.6 Å². The van der Waals surface area contributed by atoms with E-state index in [1.807, 2.05) is 37.3 Å². The van der Waals surface area contributed by atoms with Gasteiger partial charge in [0.15, 0.2) is 6.61 Å². The fraction of sp³-hybridized carbons (Fsp3) is 0.156. The summed E-state index contributed by atoms with van der Waals surface area (Å²) in [5.74, 6) is 0.0445. The topological polar surface area (TPSA) is 126 Å². The summed E-state index contributed by atoms with van der Waals surface area (Å²) in [5.41, 5.74) is 4.21. The molecule has 0 radical (unpaired) electrons. The molecule has 0 aliphatic heterocycles. The van der Waals surface area contributed by atoms with Crippen molar-refractivity contribution in [3.63, 3.8) is 0 Å². The second kappa shape index (κ2) is 15.0. The maximum Gasteiger partial charge on any atom is 0.264 e. The highest BCUT2D eigenvalue weighted by Gasteiger charge is 2.27. The van der Waals surface area contributed by atoms with Gasteiger partial charge in [0.25, 0.3) is 21.8 Å². The lowest BCUT2D eigenvalue weighted by atomic mass is 10.1. The second-order valence-electron chi connectivity index (χ2n) is 9.52. The summed E-state index contributed by atoms with van der Waals surface area (Å²) >= 11 is 6.11. The number of methoxy groups -OCH3 is 1. The minimum Gasteiger partial charge on any atom is -0.497 e. The predicted octanol–water partition coefficient (Wildman–Crippen LogP) is 4.95. The number of hydrazone groups is 1. The maximum absolute atomic E-state index is 13.5. The molecule has 1 atom stereocenters. The predicted molar refractivity (Wildman–Crippen MR) is 170 cm³/mol. The number of amides is 2. The highest BCUT2D eigenvalue weighted by molar-refractivity contribution is 7.92. The summed E-state index contributed by atoms with van der Waals surface area (Å²) in [4.78, 5) is 25.1. The first-order valence-corrected chi connectivity index (χ1v) is 15.3. The molecule has 0 fully saturated rings. The lowest BCUT2D eigenvalue weighted by Crippen LogP contribution is -2.39. The molecule has 2 amide bonds. The van der Waals surface area contributed by atoms with E-state index in [9.17, 15) is 18.0 Å². The molecule has 0 aliphatic rings. The van der Waals surface area contributed by atoms with Crippen molar-refractivity contribution in [1.82, 2.24) is 10.7 Å². The summed E-state index contributed by atoms with van der Waals surface area (Å²) in [7, 11) is -2.67. The lowest BCUT2D eigenvalue weighted by Gasteiger charge is -2.24. The average molecular weight is 635 g/mol. The summed E-state index contributed by atoms with van der Waals surface area (Å²) in [6.45, 7) is 1.20. The molecule has 0 spiro atoms. The summed E-state index contributed by atoms with van der Waals surface area (Å²) in [6, 6.07) is 28.2. The molecule has 10 nitrogen and oxygen atoms in total. The van der Waals surface area contributed by atoms with Gasteiger partial charge in [-0.05, 0) is 84.8 Å². The van der Waals surface area contributed by atoms with E-state index < -0.39 is 22.5 Å². The van der Waals surface area contributed by atoms with Gasteiger partial charge in [-0.25, -0.2) is 13.8 Å². The Balaban J connectivity index is 1.34. The molecule has 0 saturated carbocycles. The normalized spacial score (nSPS) is 11.9. The Labute approximate surface area is 261 Å². The van der Waals surface area contributed by atoms with E-state index in [0.29, 0.717) is 22.1 Å². The summed E-state index contributed by atoms with van der Waals surface area (Å²) in [5, 5.41) is 7.15. The van der Waals surface area contributed by atoms with E-state index in [4.69, 9.17) is 21.1 Å². The minimum absolute atomic E-state index is 0.0277. The van der Waals surface area contributed by atoms with E-state index >= 15 is 0 Å². The minimum atomic E-state index is -4.14. The van der Waals surface area contributed by atoms with Crippen molar-refractivity contribution >= 4 is 45.3 Å². The van der Waals surface area contributed by atoms with E-state index in [0.717, 1.165) is 9.87 Å². The Morgan fingerprint density at radius 2 is 1.59 bits per heavy atom. The molecule has 0 saturated heterocycles. The largest absolute Gasteiger partial charge is 0.497 e. The molecule has 228 valence electrons. The molecule has 0 aromatic heterocycles. The van der Waals surface area contributed by atoms with Gasteiger partial charge in [0.2, 0.25) is 0 Å². The first kappa shape index (κ1) is 32.1. The van der Waals surface area contributed by atoms with Gasteiger partial charge >= 0.3 is 0 Å². The van der Waals surface area contributed by atoms with Crippen LogP contribution in [0.3, 0.4) is 0 Å². The van der Waals surface area contributed by atoms with Crippen molar-refractivity contribution in [2.24, 2.45) is 5.10 Å². The average Bonchev–Trinajstić information content (AvgIpc) is 3.03. The molecule has 4 aromatic rings. The third-order valence-corrected chi connectivity index (χ3v) is 8.38. The van der Waals surface area contributed by atoms with Crippen LogP contribution in [0.4, 0.5) is 5.69 Å². The number of hydrogen-bond donors (Lipinski definition) is 2. The van der Waals surface area contributed by atoms with Gasteiger partial charge in [0.05, 0.1) is 29.9 Å². The Morgan fingerprint density at radius 1 is 0.909 bits per heavy atom. The monoisotopic (exact) mass is 634 g/mol. The molecule has 4 aromatic carbocycles. The number of benzene rings is 4. The number of sulfonamides is 1. The first-order valence-electron chi connectivity index (χ1n) is 13.5. The standard InChI is InChI=1S/C32H31ClN4O6S/c1-23(25-7-4-3-5-8-25)35-32(39)22-43-29-13-11-24(12-14-29)20-34-36-31(38)21-37(27-10-6-9-26(33)19-27)44(40,41)30-17-15-28(42-2)16-18-30/h3-20,23H,21-22H2,1-2H3,(H,35,39)(H,36,38)/b34-20-/t23-/m0/s1. The van der Waals surface area contributed by atoms with Gasteiger partial charge in [-0.3, -0.25) is 13.9 Å². The van der Waals surface area contributed by atoms with Crippen LogP contribution < -0.4 is 24.5 Å². The number of ether oxygens (including phenoxy) is 2. The molecule has 44 heavy (non-hydrogen) atoms. The van der Waals surface area contributed by atoms with E-state index in [-0.39, 0.29) is 29.1 Å². The van der Waals surface area contributed by atoms with Crippen LogP contribution in [0, 0.1) is 0 Å². The van der Waals surface area contributed by atoms with Crippen LogP contribution in [0.5, 0.6) is 11.5 Å². The van der Waals surface area contributed by atoms with Gasteiger partial charge in [0.1, 0.15) is 18.0 Å². The van der Waals surface area contributed by atoms with Crippen LogP contribution in [-0.4, -0.2) is 46.7 Å². The summed E-state index contributed by atoms with van der Waals surface area (Å²) in [6.07, 6.45) is 1.40. The van der Waals surface area contributed by atoms with Crippen molar-refractivity contribution in [1.29, 1.82) is 0 Å². The molecule has 0 heterocycles. The van der Waals surface area contributed by atoms with Crippen molar-refractivity contribution in [2.45, 2.75) is 17.9 Å². The smallest absolute Gasteiger partial charge is 0.264 e. The van der Waals surface area contributed by atoms with Crippen molar-refractivity contribution in [2.75, 3.05) is 24.6 Å². The third kappa shape index (κ3) is 8.82. The number of hydrogen-bond acceptors (Lipinski definition) is 7.